The molecule has 2 aromatic heterocycles. The number of hydrogen-bond donors (Lipinski definition) is 2. The van der Waals surface area contributed by atoms with E-state index in [-0.39, 0.29) is 5.88 Å². The molecule has 0 spiro atoms. The van der Waals surface area contributed by atoms with E-state index in [0.717, 1.165) is 33.6 Å². The number of ether oxygens (including phenoxy) is 2. The molecule has 2 N–H and O–H groups in total. The summed E-state index contributed by atoms with van der Waals surface area (Å²) in [7, 11) is 3.22. The van der Waals surface area contributed by atoms with Crippen LogP contribution in [0.2, 0.25) is 0 Å². The zero-order valence-electron chi connectivity index (χ0n) is 15.7. The lowest BCUT2D eigenvalue weighted by Crippen LogP contribution is -1.98. The first-order chi connectivity index (χ1) is 13.0. The van der Waals surface area contributed by atoms with Gasteiger partial charge in [-0.15, -0.1) is 0 Å². The Kier molecular flexibility index (Phi) is 4.03. The Morgan fingerprint density at radius 2 is 1.67 bits per heavy atom. The molecule has 0 amide bonds. The molecule has 0 saturated carbocycles. The minimum absolute atomic E-state index is 0.124. The summed E-state index contributed by atoms with van der Waals surface area (Å²) in [5, 5.41) is 19.0. The van der Waals surface area contributed by atoms with Crippen molar-refractivity contribution in [3.63, 3.8) is 0 Å². The average Bonchev–Trinajstić information content (AvgIpc) is 3.20. The number of benzene rings is 2. The molecule has 138 valence electrons. The van der Waals surface area contributed by atoms with Crippen LogP contribution in [0, 0.1) is 13.8 Å². The summed E-state index contributed by atoms with van der Waals surface area (Å²) < 4.78 is 12.7. The van der Waals surface area contributed by atoms with Gasteiger partial charge in [0.05, 0.1) is 31.0 Å². The van der Waals surface area contributed by atoms with Gasteiger partial charge in [-0.25, -0.2) is 0 Å². The van der Waals surface area contributed by atoms with Crippen LogP contribution in [0.4, 0.5) is 0 Å². The molecule has 0 saturated heterocycles. The molecule has 6 nitrogen and oxygen atoms in total. The summed E-state index contributed by atoms with van der Waals surface area (Å²) in [6.45, 7) is 3.95. The predicted octanol–water partition coefficient (Wildman–Crippen LogP) is 4.36. The largest absolute Gasteiger partial charge is 0.493 e. The normalized spacial score (nSPS) is 11.1. The van der Waals surface area contributed by atoms with Gasteiger partial charge in [0.2, 0.25) is 5.88 Å². The Hall–Kier alpha value is -3.41. The second kappa shape index (κ2) is 6.39. The highest BCUT2D eigenvalue weighted by atomic mass is 16.5. The first kappa shape index (κ1) is 17.0. The molecule has 4 rings (SSSR count). The molecule has 0 unspecified atom stereocenters. The number of rotatable bonds is 4. The fourth-order valence-corrected chi connectivity index (χ4v) is 3.42. The fourth-order valence-electron chi connectivity index (χ4n) is 3.42. The maximum atomic E-state index is 10.9. The summed E-state index contributed by atoms with van der Waals surface area (Å²) >= 11 is 0. The van der Waals surface area contributed by atoms with Crippen LogP contribution < -0.4 is 9.47 Å². The van der Waals surface area contributed by atoms with E-state index in [4.69, 9.17) is 9.47 Å². The van der Waals surface area contributed by atoms with Crippen molar-refractivity contribution in [2.75, 3.05) is 14.2 Å². The lowest BCUT2D eigenvalue weighted by atomic mass is 10.1. The number of nitrogens with zero attached hydrogens (tertiary/aromatic N) is 2. The molecule has 4 aromatic rings. The van der Waals surface area contributed by atoms with Crippen molar-refractivity contribution in [3.05, 3.63) is 53.7 Å². The zero-order valence-corrected chi connectivity index (χ0v) is 15.7. The molecule has 0 fully saturated rings. The van der Waals surface area contributed by atoms with Crippen LogP contribution in [0.15, 0.2) is 42.5 Å². The highest BCUT2D eigenvalue weighted by molar-refractivity contribution is 6.00. The molecule has 2 aromatic carbocycles. The average molecular weight is 363 g/mol. The van der Waals surface area contributed by atoms with Gasteiger partial charge in [0.25, 0.3) is 0 Å². The van der Waals surface area contributed by atoms with Crippen molar-refractivity contribution < 1.29 is 14.6 Å². The zero-order chi connectivity index (χ0) is 19.1. The topological polar surface area (TPSA) is 72.3 Å². The maximum absolute atomic E-state index is 10.9. The van der Waals surface area contributed by atoms with Gasteiger partial charge in [0, 0.05) is 11.3 Å². The van der Waals surface area contributed by atoms with E-state index in [0.29, 0.717) is 17.0 Å². The Morgan fingerprint density at radius 1 is 0.963 bits per heavy atom. The van der Waals surface area contributed by atoms with Crippen LogP contribution in [0.1, 0.15) is 11.3 Å². The molecule has 6 heteroatoms. The van der Waals surface area contributed by atoms with Gasteiger partial charge in [-0.3, -0.25) is 9.67 Å². The monoisotopic (exact) mass is 363 g/mol. The lowest BCUT2D eigenvalue weighted by Gasteiger charge is -2.14. The van der Waals surface area contributed by atoms with Gasteiger partial charge in [0.1, 0.15) is 5.52 Å². The van der Waals surface area contributed by atoms with Gasteiger partial charge >= 0.3 is 0 Å². The molecule has 2 heterocycles. The summed E-state index contributed by atoms with van der Waals surface area (Å²) in [5.41, 5.74) is 5.18. The Bertz CT molecular complexity index is 1120. The molecule has 0 aliphatic carbocycles. The van der Waals surface area contributed by atoms with Crippen molar-refractivity contribution >= 4 is 10.9 Å². The van der Waals surface area contributed by atoms with E-state index < -0.39 is 0 Å². The SMILES string of the molecule is COc1ccc(-c2c3c(C)n[nH]c3c(O)n2-c2ccc(C)cc2)cc1OC. The third-order valence-electron chi connectivity index (χ3n) is 4.79. The van der Waals surface area contributed by atoms with E-state index in [1.165, 1.54) is 0 Å². The van der Waals surface area contributed by atoms with Gasteiger partial charge in [0.15, 0.2) is 11.5 Å². The maximum Gasteiger partial charge on any atom is 0.222 e. The van der Waals surface area contributed by atoms with E-state index in [2.05, 4.69) is 10.2 Å². The second-order valence-corrected chi connectivity index (χ2v) is 6.47. The molecule has 0 radical (unpaired) electrons. The van der Waals surface area contributed by atoms with Gasteiger partial charge < -0.3 is 14.6 Å². The first-order valence-electron chi connectivity index (χ1n) is 8.63. The summed E-state index contributed by atoms with van der Waals surface area (Å²) in [5.74, 6) is 1.40. The molecule has 27 heavy (non-hydrogen) atoms. The number of aromatic amines is 1. The van der Waals surface area contributed by atoms with E-state index in [1.54, 1.807) is 14.2 Å². The molecule has 0 aliphatic rings. The third kappa shape index (κ3) is 2.61. The van der Waals surface area contributed by atoms with Crippen LogP contribution in [0.3, 0.4) is 0 Å². The number of methoxy groups -OCH3 is 2. The number of aryl methyl sites for hydroxylation is 2. The highest BCUT2D eigenvalue weighted by Gasteiger charge is 2.23. The number of fused-ring (bicyclic) bond motifs is 1. The quantitative estimate of drug-likeness (QED) is 0.565. The van der Waals surface area contributed by atoms with E-state index in [9.17, 15) is 5.11 Å². The van der Waals surface area contributed by atoms with Crippen LogP contribution >= 0.6 is 0 Å². The van der Waals surface area contributed by atoms with Crippen molar-refractivity contribution in [1.82, 2.24) is 14.8 Å². The number of hydrogen-bond acceptors (Lipinski definition) is 4. The Morgan fingerprint density at radius 3 is 2.33 bits per heavy atom. The van der Waals surface area contributed by atoms with Gasteiger partial charge in [-0.1, -0.05) is 17.7 Å². The summed E-state index contributed by atoms with van der Waals surface area (Å²) in [6.07, 6.45) is 0. The van der Waals surface area contributed by atoms with Crippen molar-refractivity contribution in [2.45, 2.75) is 13.8 Å². The van der Waals surface area contributed by atoms with Gasteiger partial charge in [-0.2, -0.15) is 5.10 Å². The van der Waals surface area contributed by atoms with Crippen molar-refractivity contribution in [1.29, 1.82) is 0 Å². The number of H-pyrrole nitrogens is 1. The second-order valence-electron chi connectivity index (χ2n) is 6.47. The van der Waals surface area contributed by atoms with Crippen LogP contribution in [0.5, 0.6) is 17.4 Å². The highest BCUT2D eigenvalue weighted by Crippen LogP contribution is 2.42. The minimum atomic E-state index is 0.124. The van der Waals surface area contributed by atoms with Gasteiger partial charge in [-0.05, 0) is 44.2 Å². The first-order valence-corrected chi connectivity index (χ1v) is 8.63. The Balaban J connectivity index is 2.06. The molecule has 0 atom stereocenters. The summed E-state index contributed by atoms with van der Waals surface area (Å²) in [4.78, 5) is 0. The molecule has 0 aliphatic heterocycles. The molecular weight excluding hydrogens is 342 g/mol. The standard InChI is InChI=1S/C21H21N3O3/c1-12-5-8-15(9-6-12)24-20(18-13(2)22-23-19(18)21(24)25)14-7-10-16(26-3)17(11-14)27-4/h5-11,23,25H,1-4H3. The lowest BCUT2D eigenvalue weighted by molar-refractivity contribution is 0.355. The summed E-state index contributed by atoms with van der Waals surface area (Å²) in [6, 6.07) is 13.7. The smallest absolute Gasteiger partial charge is 0.222 e. The number of nitrogens with one attached hydrogen (secondary N) is 1. The Labute approximate surface area is 157 Å². The van der Waals surface area contributed by atoms with E-state index in [1.807, 2.05) is 60.9 Å². The van der Waals surface area contributed by atoms with Crippen molar-refractivity contribution in [2.24, 2.45) is 0 Å². The molecular formula is C21H21N3O3. The fraction of sp³-hybridized carbons (Fsp3) is 0.190. The van der Waals surface area contributed by atoms with Crippen LogP contribution in [0.25, 0.3) is 27.8 Å². The minimum Gasteiger partial charge on any atom is -0.493 e. The third-order valence-corrected chi connectivity index (χ3v) is 4.79. The van der Waals surface area contributed by atoms with Crippen LogP contribution in [-0.2, 0) is 0 Å². The predicted molar refractivity (Wildman–Crippen MR) is 105 cm³/mol. The number of aromatic hydroxyl groups is 1. The van der Waals surface area contributed by atoms with Crippen molar-refractivity contribution in [3.8, 4) is 34.3 Å². The number of aromatic nitrogens is 3. The van der Waals surface area contributed by atoms with Crippen LogP contribution in [-0.4, -0.2) is 34.1 Å². The van der Waals surface area contributed by atoms with E-state index >= 15 is 0 Å². The molecule has 0 bridgehead atoms.